The monoisotopic (exact) mass is 270 g/mol. The highest BCUT2D eigenvalue weighted by molar-refractivity contribution is 7.96. The van der Waals surface area contributed by atoms with Gasteiger partial charge in [-0.3, -0.25) is 0 Å². The summed E-state index contributed by atoms with van der Waals surface area (Å²) < 4.78 is 24.0. The number of sulfone groups is 1. The van der Waals surface area contributed by atoms with Gasteiger partial charge in [0.15, 0.2) is 0 Å². The average Bonchev–Trinajstić information content (AvgIpc) is 2.39. The highest BCUT2D eigenvalue weighted by Gasteiger charge is 2.32. The highest BCUT2D eigenvalue weighted by atomic mass is 35.5. The van der Waals surface area contributed by atoms with E-state index in [0.717, 1.165) is 5.56 Å². The van der Waals surface area contributed by atoms with Crippen LogP contribution in [-0.2, 0) is 15.3 Å². The normalized spacial score (nSPS) is 18.4. The van der Waals surface area contributed by atoms with Crippen LogP contribution in [0.25, 0.3) is 5.03 Å². The molecule has 0 N–H and O–H groups in total. The van der Waals surface area contributed by atoms with Gasteiger partial charge < -0.3 is 0 Å². The van der Waals surface area contributed by atoms with Crippen molar-refractivity contribution in [2.24, 2.45) is 0 Å². The third-order valence-electron chi connectivity index (χ3n) is 3.08. The Labute approximate surface area is 107 Å². The van der Waals surface area contributed by atoms with Crippen LogP contribution in [0.15, 0.2) is 28.0 Å². The molecule has 4 heteroatoms. The number of benzene rings is 1. The van der Waals surface area contributed by atoms with Crippen molar-refractivity contribution < 1.29 is 8.42 Å². The lowest BCUT2D eigenvalue weighted by atomic mass is 9.86. The summed E-state index contributed by atoms with van der Waals surface area (Å²) in [6, 6.07) is 5.40. The molecule has 0 amide bonds. The van der Waals surface area contributed by atoms with Gasteiger partial charge in [-0.15, -0.1) is 0 Å². The second-order valence-electron chi connectivity index (χ2n) is 5.33. The van der Waals surface area contributed by atoms with Crippen molar-refractivity contribution in [2.75, 3.05) is 0 Å². The molecule has 17 heavy (non-hydrogen) atoms. The highest BCUT2D eigenvalue weighted by Crippen LogP contribution is 2.42. The zero-order chi connectivity index (χ0) is 13.0. The van der Waals surface area contributed by atoms with Crippen LogP contribution in [0.2, 0.25) is 0 Å². The predicted octanol–water partition coefficient (Wildman–Crippen LogP) is 3.70. The van der Waals surface area contributed by atoms with E-state index in [1.807, 2.05) is 12.1 Å². The maximum Gasteiger partial charge on any atom is 0.204 e. The number of allylic oxidation sites excluding steroid dienone is 1. The first-order chi connectivity index (χ1) is 7.65. The van der Waals surface area contributed by atoms with Crippen LogP contribution >= 0.6 is 11.6 Å². The zero-order valence-corrected chi connectivity index (χ0v) is 11.9. The Hall–Kier alpha value is -0.800. The molecule has 0 fully saturated rings. The van der Waals surface area contributed by atoms with Crippen molar-refractivity contribution in [1.29, 1.82) is 0 Å². The molecule has 2 rings (SSSR count). The molecule has 0 radical (unpaired) electrons. The van der Waals surface area contributed by atoms with Crippen LogP contribution in [0.3, 0.4) is 0 Å². The van der Waals surface area contributed by atoms with E-state index in [-0.39, 0.29) is 10.3 Å². The van der Waals surface area contributed by atoms with Crippen molar-refractivity contribution >= 4 is 26.5 Å². The minimum atomic E-state index is -3.35. The number of hydrogen-bond acceptors (Lipinski definition) is 2. The van der Waals surface area contributed by atoms with E-state index in [2.05, 4.69) is 20.8 Å². The Morgan fingerprint density at radius 2 is 1.76 bits per heavy atom. The Morgan fingerprint density at radius 1 is 1.18 bits per heavy atom. The SMILES string of the molecule is CC1=C(Cl)c2cc(C(C)(C)C)ccc2S1(=O)=O. The lowest BCUT2D eigenvalue weighted by Crippen LogP contribution is -2.11. The Morgan fingerprint density at radius 3 is 2.29 bits per heavy atom. The molecule has 1 aromatic rings. The lowest BCUT2D eigenvalue weighted by Gasteiger charge is -2.19. The molecule has 1 aliphatic heterocycles. The molecular weight excluding hydrogens is 256 g/mol. The summed E-state index contributed by atoms with van der Waals surface area (Å²) in [5, 5.41) is 0.353. The second kappa shape index (κ2) is 3.59. The van der Waals surface area contributed by atoms with Gasteiger partial charge in [0, 0.05) is 5.56 Å². The van der Waals surface area contributed by atoms with E-state index in [1.165, 1.54) is 0 Å². The molecule has 0 saturated carbocycles. The van der Waals surface area contributed by atoms with Gasteiger partial charge in [-0.25, -0.2) is 8.42 Å². The first-order valence-corrected chi connectivity index (χ1v) is 7.28. The van der Waals surface area contributed by atoms with Crippen molar-refractivity contribution in [3.05, 3.63) is 34.2 Å². The van der Waals surface area contributed by atoms with E-state index < -0.39 is 9.84 Å². The van der Waals surface area contributed by atoms with E-state index in [9.17, 15) is 8.42 Å². The van der Waals surface area contributed by atoms with Crippen LogP contribution in [0.1, 0.15) is 38.8 Å². The van der Waals surface area contributed by atoms with Crippen molar-refractivity contribution in [2.45, 2.75) is 38.0 Å². The molecule has 0 atom stereocenters. The molecule has 0 saturated heterocycles. The molecule has 92 valence electrons. The molecule has 1 heterocycles. The second-order valence-corrected chi connectivity index (χ2v) is 7.77. The molecule has 2 nitrogen and oxygen atoms in total. The zero-order valence-electron chi connectivity index (χ0n) is 10.3. The summed E-state index contributed by atoms with van der Waals surface area (Å²) in [6.07, 6.45) is 0. The molecule has 1 aliphatic rings. The topological polar surface area (TPSA) is 34.1 Å². The smallest absolute Gasteiger partial charge is 0.204 e. The van der Waals surface area contributed by atoms with Crippen molar-refractivity contribution in [3.63, 3.8) is 0 Å². The van der Waals surface area contributed by atoms with Crippen LogP contribution in [-0.4, -0.2) is 8.42 Å². The van der Waals surface area contributed by atoms with Crippen molar-refractivity contribution in [1.82, 2.24) is 0 Å². The lowest BCUT2D eigenvalue weighted by molar-refractivity contribution is 0.588. The summed E-state index contributed by atoms with van der Waals surface area (Å²) in [5.41, 5.74) is 1.70. The Kier molecular flexibility index (Phi) is 2.68. The summed E-state index contributed by atoms with van der Waals surface area (Å²) >= 11 is 6.10. The fraction of sp³-hybridized carbons (Fsp3) is 0.385. The number of rotatable bonds is 0. The molecule has 0 aliphatic carbocycles. The fourth-order valence-electron chi connectivity index (χ4n) is 1.87. The molecule has 0 spiro atoms. The summed E-state index contributed by atoms with van der Waals surface area (Å²) in [6.45, 7) is 7.81. The molecular formula is C13H15ClO2S. The van der Waals surface area contributed by atoms with Gasteiger partial charge in [-0.05, 0) is 30.0 Å². The van der Waals surface area contributed by atoms with E-state index in [0.29, 0.717) is 15.5 Å². The van der Waals surface area contributed by atoms with Gasteiger partial charge in [0.1, 0.15) is 0 Å². The molecule has 0 unspecified atom stereocenters. The third-order valence-corrected chi connectivity index (χ3v) is 5.63. The van der Waals surface area contributed by atoms with Crippen LogP contribution in [0, 0.1) is 0 Å². The minimum Gasteiger partial charge on any atom is -0.219 e. The Bertz CT molecular complexity index is 619. The quantitative estimate of drug-likeness (QED) is 0.720. The van der Waals surface area contributed by atoms with Gasteiger partial charge >= 0.3 is 0 Å². The van der Waals surface area contributed by atoms with Crippen LogP contribution in [0.5, 0.6) is 0 Å². The van der Waals surface area contributed by atoms with Gasteiger partial charge in [-0.1, -0.05) is 38.4 Å². The third kappa shape index (κ3) is 1.81. The molecule has 0 aromatic heterocycles. The van der Waals surface area contributed by atoms with Crippen LogP contribution < -0.4 is 0 Å². The summed E-state index contributed by atoms with van der Waals surface area (Å²) in [5.74, 6) is 0. The first kappa shape index (κ1) is 12.7. The minimum absolute atomic E-state index is 0.0214. The largest absolute Gasteiger partial charge is 0.219 e. The first-order valence-electron chi connectivity index (χ1n) is 5.42. The standard InChI is InChI=1S/C13H15ClO2S/c1-8-12(14)10-7-9(13(2,3)4)5-6-11(10)17(8,15)16/h5-7H,1-4H3. The maximum atomic E-state index is 12.0. The average molecular weight is 271 g/mol. The van der Waals surface area contributed by atoms with Crippen molar-refractivity contribution in [3.8, 4) is 0 Å². The van der Waals surface area contributed by atoms with Gasteiger partial charge in [0.05, 0.1) is 14.8 Å². The number of fused-ring (bicyclic) bond motifs is 1. The van der Waals surface area contributed by atoms with Gasteiger partial charge in [0.2, 0.25) is 9.84 Å². The van der Waals surface area contributed by atoms with Crippen LogP contribution in [0.4, 0.5) is 0 Å². The summed E-state index contributed by atoms with van der Waals surface area (Å²) in [4.78, 5) is 0.577. The predicted molar refractivity (Wildman–Crippen MR) is 70.8 cm³/mol. The molecule has 1 aromatic carbocycles. The van der Waals surface area contributed by atoms with E-state index in [4.69, 9.17) is 11.6 Å². The maximum absolute atomic E-state index is 12.0. The van der Waals surface area contributed by atoms with Gasteiger partial charge in [0.25, 0.3) is 0 Å². The van der Waals surface area contributed by atoms with Gasteiger partial charge in [-0.2, -0.15) is 0 Å². The number of hydrogen-bond donors (Lipinski definition) is 0. The molecule has 0 bridgehead atoms. The van der Waals surface area contributed by atoms with E-state index in [1.54, 1.807) is 13.0 Å². The summed E-state index contributed by atoms with van der Waals surface area (Å²) in [7, 11) is -3.35. The van der Waals surface area contributed by atoms with E-state index >= 15 is 0 Å². The fourth-order valence-corrected chi connectivity index (χ4v) is 3.77. The number of halogens is 1. The Balaban J connectivity index is 2.74.